The van der Waals surface area contributed by atoms with Crippen LogP contribution in [0.15, 0.2) is 0 Å². The lowest BCUT2D eigenvalue weighted by molar-refractivity contribution is -0.149. The van der Waals surface area contributed by atoms with E-state index in [1.807, 2.05) is 0 Å². The molecule has 0 aliphatic carbocycles. The molecule has 0 aromatic heterocycles. The van der Waals surface area contributed by atoms with Gasteiger partial charge < -0.3 is 4.74 Å². The molecule has 1 atom stereocenters. The van der Waals surface area contributed by atoms with Crippen LogP contribution in [0.3, 0.4) is 0 Å². The van der Waals surface area contributed by atoms with Crippen LogP contribution in [-0.2, 0) is 9.53 Å². The van der Waals surface area contributed by atoms with Crippen LogP contribution in [-0.4, -0.2) is 12.6 Å². The van der Waals surface area contributed by atoms with Gasteiger partial charge in [0.05, 0.1) is 12.5 Å². The molecule has 0 fully saturated rings. The maximum absolute atomic E-state index is 12.1. The molecule has 21 heavy (non-hydrogen) atoms. The minimum absolute atomic E-state index is 0.0573. The molecule has 0 spiro atoms. The molecule has 2 nitrogen and oxygen atoms in total. The van der Waals surface area contributed by atoms with Crippen molar-refractivity contribution in [3.63, 3.8) is 0 Å². The van der Waals surface area contributed by atoms with E-state index >= 15 is 0 Å². The van der Waals surface area contributed by atoms with Crippen molar-refractivity contribution in [1.82, 2.24) is 0 Å². The molecule has 0 aromatic rings. The third-order valence-electron chi connectivity index (χ3n) is 4.09. The summed E-state index contributed by atoms with van der Waals surface area (Å²) < 4.78 is 5.37. The number of rotatable bonds is 15. The fraction of sp³-hybridized carbons (Fsp3) is 0.947. The highest BCUT2D eigenvalue weighted by atomic mass is 16.5. The number of hydrogen-bond acceptors (Lipinski definition) is 2. The van der Waals surface area contributed by atoms with Gasteiger partial charge in [-0.1, -0.05) is 85.0 Å². The van der Waals surface area contributed by atoms with Gasteiger partial charge in [-0.05, 0) is 19.3 Å². The average molecular weight is 299 g/mol. The summed E-state index contributed by atoms with van der Waals surface area (Å²) in [6.07, 6.45) is 15.7. The van der Waals surface area contributed by atoms with Crippen molar-refractivity contribution in [1.29, 1.82) is 0 Å². The van der Waals surface area contributed by atoms with E-state index in [0.717, 1.165) is 19.3 Å². The van der Waals surface area contributed by atoms with Gasteiger partial charge in [-0.2, -0.15) is 0 Å². The largest absolute Gasteiger partial charge is 0.465 e. The summed E-state index contributed by atoms with van der Waals surface area (Å²) >= 11 is 0. The van der Waals surface area contributed by atoms with Crippen LogP contribution < -0.4 is 0 Å². The molecule has 0 saturated carbocycles. The molecule has 0 N–H and O–H groups in total. The Labute approximate surface area is 133 Å². The zero-order chi connectivity index (χ0) is 15.8. The van der Waals surface area contributed by atoms with Crippen molar-refractivity contribution < 1.29 is 9.53 Å². The van der Waals surface area contributed by atoms with Gasteiger partial charge in [-0.15, -0.1) is 0 Å². The van der Waals surface area contributed by atoms with Gasteiger partial charge in [0.1, 0.15) is 0 Å². The number of esters is 1. The van der Waals surface area contributed by atoms with E-state index in [1.54, 1.807) is 0 Å². The summed E-state index contributed by atoms with van der Waals surface area (Å²) in [5, 5.41) is 0. The van der Waals surface area contributed by atoms with E-state index in [9.17, 15) is 4.79 Å². The molecule has 126 valence electrons. The van der Waals surface area contributed by atoms with Crippen molar-refractivity contribution in [3.05, 3.63) is 0 Å². The summed E-state index contributed by atoms with van der Waals surface area (Å²) in [4.78, 5) is 12.1. The second-order valence-corrected chi connectivity index (χ2v) is 6.27. The minimum Gasteiger partial charge on any atom is -0.465 e. The molecular weight excluding hydrogens is 260 g/mol. The predicted octanol–water partition coefficient (Wildman–Crippen LogP) is 6.28. The molecular formula is C19H38O2. The molecule has 2 heteroatoms. The van der Waals surface area contributed by atoms with Crippen LogP contribution in [0.5, 0.6) is 0 Å². The Bertz CT molecular complexity index is 226. The summed E-state index contributed by atoms with van der Waals surface area (Å²) in [5.41, 5.74) is 0. The molecule has 0 rings (SSSR count). The van der Waals surface area contributed by atoms with Gasteiger partial charge >= 0.3 is 5.97 Å². The first-order valence-corrected chi connectivity index (χ1v) is 9.42. The van der Waals surface area contributed by atoms with Crippen molar-refractivity contribution in [3.8, 4) is 0 Å². The first kappa shape index (κ1) is 20.5. The zero-order valence-corrected chi connectivity index (χ0v) is 14.8. The van der Waals surface area contributed by atoms with E-state index in [1.165, 1.54) is 64.2 Å². The van der Waals surface area contributed by atoms with Crippen molar-refractivity contribution in [2.75, 3.05) is 6.61 Å². The van der Waals surface area contributed by atoms with E-state index in [-0.39, 0.29) is 11.9 Å². The maximum atomic E-state index is 12.1. The molecule has 1 unspecified atom stereocenters. The van der Waals surface area contributed by atoms with Gasteiger partial charge in [0, 0.05) is 0 Å². The Morgan fingerprint density at radius 3 is 1.71 bits per heavy atom. The number of carbonyl (C=O) groups is 1. The quantitative estimate of drug-likeness (QED) is 0.263. The van der Waals surface area contributed by atoms with Gasteiger partial charge in [-0.3, -0.25) is 4.79 Å². The molecule has 0 amide bonds. The second kappa shape index (κ2) is 15.9. The lowest BCUT2D eigenvalue weighted by Gasteiger charge is -2.15. The van der Waals surface area contributed by atoms with Crippen LogP contribution in [0.25, 0.3) is 0 Å². The Morgan fingerprint density at radius 1 is 0.714 bits per heavy atom. The van der Waals surface area contributed by atoms with Crippen molar-refractivity contribution in [2.24, 2.45) is 5.92 Å². The van der Waals surface area contributed by atoms with Gasteiger partial charge in [0.25, 0.3) is 0 Å². The van der Waals surface area contributed by atoms with E-state index in [4.69, 9.17) is 4.74 Å². The van der Waals surface area contributed by atoms with Gasteiger partial charge in [0.2, 0.25) is 0 Å². The Kier molecular flexibility index (Phi) is 15.5. The standard InChI is InChI=1S/C19H38O2/c1-4-7-9-11-12-14-16-18(15-13-10-8-5-2)19(20)21-17-6-3/h18H,4-17H2,1-3H3. The Hall–Kier alpha value is -0.530. The normalized spacial score (nSPS) is 12.3. The third kappa shape index (κ3) is 12.9. The number of ether oxygens (including phenoxy) is 1. The first-order valence-electron chi connectivity index (χ1n) is 9.42. The maximum Gasteiger partial charge on any atom is 0.308 e. The fourth-order valence-corrected chi connectivity index (χ4v) is 2.69. The van der Waals surface area contributed by atoms with E-state index < -0.39 is 0 Å². The molecule has 0 saturated heterocycles. The van der Waals surface area contributed by atoms with Crippen LogP contribution in [0.4, 0.5) is 0 Å². The molecule has 0 aliphatic heterocycles. The summed E-state index contributed by atoms with van der Waals surface area (Å²) in [6, 6.07) is 0. The zero-order valence-electron chi connectivity index (χ0n) is 14.8. The van der Waals surface area contributed by atoms with Gasteiger partial charge in [0.15, 0.2) is 0 Å². The SMILES string of the molecule is CCCCCCCCC(CCCCCC)C(=O)OCCC. The third-order valence-corrected chi connectivity index (χ3v) is 4.09. The Balaban J connectivity index is 3.91. The first-order chi connectivity index (χ1) is 10.3. The highest BCUT2D eigenvalue weighted by Gasteiger charge is 2.18. The smallest absolute Gasteiger partial charge is 0.308 e. The van der Waals surface area contributed by atoms with Crippen molar-refractivity contribution >= 4 is 5.97 Å². The lowest BCUT2D eigenvalue weighted by atomic mass is 9.94. The minimum atomic E-state index is 0.0573. The Morgan fingerprint density at radius 2 is 1.19 bits per heavy atom. The molecule has 0 radical (unpaired) electrons. The lowest BCUT2D eigenvalue weighted by Crippen LogP contribution is -2.18. The molecule has 0 bridgehead atoms. The molecule has 0 heterocycles. The van der Waals surface area contributed by atoms with Crippen LogP contribution >= 0.6 is 0 Å². The molecule has 0 aromatic carbocycles. The topological polar surface area (TPSA) is 26.3 Å². The average Bonchev–Trinajstić information content (AvgIpc) is 2.50. The highest BCUT2D eigenvalue weighted by Crippen LogP contribution is 2.20. The summed E-state index contributed by atoms with van der Waals surface area (Å²) in [7, 11) is 0. The van der Waals surface area contributed by atoms with Crippen LogP contribution in [0, 0.1) is 5.92 Å². The summed E-state index contributed by atoms with van der Waals surface area (Å²) in [5.74, 6) is 0.210. The second-order valence-electron chi connectivity index (χ2n) is 6.27. The molecule has 0 aliphatic rings. The summed E-state index contributed by atoms with van der Waals surface area (Å²) in [6.45, 7) is 7.11. The number of unbranched alkanes of at least 4 members (excludes halogenated alkanes) is 8. The number of hydrogen-bond donors (Lipinski definition) is 0. The highest BCUT2D eigenvalue weighted by molar-refractivity contribution is 5.72. The van der Waals surface area contributed by atoms with E-state index in [2.05, 4.69) is 20.8 Å². The monoisotopic (exact) mass is 298 g/mol. The number of carbonyl (C=O) groups excluding carboxylic acids is 1. The van der Waals surface area contributed by atoms with E-state index in [0.29, 0.717) is 6.61 Å². The van der Waals surface area contributed by atoms with Crippen LogP contribution in [0.1, 0.15) is 104 Å². The predicted molar refractivity (Wildman–Crippen MR) is 91.5 cm³/mol. The van der Waals surface area contributed by atoms with Crippen LogP contribution in [0.2, 0.25) is 0 Å². The van der Waals surface area contributed by atoms with Gasteiger partial charge in [-0.25, -0.2) is 0 Å². The van der Waals surface area contributed by atoms with Crippen molar-refractivity contribution in [2.45, 2.75) is 104 Å². The fourth-order valence-electron chi connectivity index (χ4n) is 2.69.